The van der Waals surface area contributed by atoms with Crippen molar-refractivity contribution in [2.75, 3.05) is 57.9 Å². The standard InChI is InChI=1S/C13H15N3OS2.C6H13NO/c17-12-3-1-11(2-4-12)15-6-8-16(9-7-15)19-13-14-5-10-18-13;1-6-5-8-4-3-7(6)2/h1-5,10,17H,6-9H2;6H,3-5H2,1-2H3. The van der Waals surface area contributed by atoms with Crippen molar-refractivity contribution in [1.29, 1.82) is 0 Å². The molecule has 8 heteroatoms. The van der Waals surface area contributed by atoms with E-state index in [1.807, 2.05) is 23.7 Å². The Labute approximate surface area is 169 Å². The van der Waals surface area contributed by atoms with Crippen molar-refractivity contribution in [1.82, 2.24) is 14.2 Å². The number of rotatable bonds is 3. The molecule has 1 unspecified atom stereocenters. The molecule has 0 radical (unpaired) electrons. The predicted molar refractivity (Wildman–Crippen MR) is 113 cm³/mol. The second-order valence-electron chi connectivity index (χ2n) is 6.73. The number of likely N-dealkylation sites (N-methyl/N-ethyl adjacent to an activating group) is 1. The van der Waals surface area contributed by atoms with E-state index < -0.39 is 0 Å². The minimum Gasteiger partial charge on any atom is -0.508 e. The first-order chi connectivity index (χ1) is 13.1. The lowest BCUT2D eigenvalue weighted by Crippen LogP contribution is -2.43. The first-order valence-electron chi connectivity index (χ1n) is 9.26. The van der Waals surface area contributed by atoms with Crippen molar-refractivity contribution in [3.63, 3.8) is 0 Å². The number of nitrogens with zero attached hydrogens (tertiary/aromatic N) is 4. The number of anilines is 1. The van der Waals surface area contributed by atoms with Crippen LogP contribution < -0.4 is 4.90 Å². The van der Waals surface area contributed by atoms with Crippen molar-refractivity contribution in [3.05, 3.63) is 35.8 Å². The summed E-state index contributed by atoms with van der Waals surface area (Å²) in [5.74, 6) is 0.321. The van der Waals surface area contributed by atoms with Gasteiger partial charge in [-0.05, 0) is 50.2 Å². The molecule has 2 aliphatic heterocycles. The summed E-state index contributed by atoms with van der Waals surface area (Å²) >= 11 is 3.43. The molecule has 0 bridgehead atoms. The van der Waals surface area contributed by atoms with E-state index >= 15 is 0 Å². The summed E-state index contributed by atoms with van der Waals surface area (Å²) in [5.41, 5.74) is 1.18. The van der Waals surface area contributed by atoms with E-state index in [2.05, 4.69) is 33.1 Å². The van der Waals surface area contributed by atoms with Crippen LogP contribution in [0.25, 0.3) is 0 Å². The lowest BCUT2D eigenvalue weighted by Gasteiger charge is -2.34. The molecule has 1 atom stereocenters. The average molecular weight is 409 g/mol. The fraction of sp³-hybridized carbons (Fsp3) is 0.526. The molecule has 148 valence electrons. The average Bonchev–Trinajstić information content (AvgIpc) is 3.19. The van der Waals surface area contributed by atoms with Gasteiger partial charge in [0.2, 0.25) is 0 Å². The Morgan fingerprint density at radius 1 is 1.15 bits per heavy atom. The molecule has 6 nitrogen and oxygen atoms in total. The van der Waals surface area contributed by atoms with Gasteiger partial charge < -0.3 is 14.7 Å². The van der Waals surface area contributed by atoms with Crippen LogP contribution in [-0.4, -0.2) is 78.3 Å². The number of piperazine rings is 1. The van der Waals surface area contributed by atoms with Crippen LogP contribution in [0, 0.1) is 0 Å². The summed E-state index contributed by atoms with van der Waals surface area (Å²) in [6.45, 7) is 9.11. The van der Waals surface area contributed by atoms with E-state index in [0.29, 0.717) is 11.8 Å². The Hall–Kier alpha value is -1.32. The number of aromatic nitrogens is 1. The molecule has 1 aromatic carbocycles. The third-order valence-electron chi connectivity index (χ3n) is 4.77. The van der Waals surface area contributed by atoms with Crippen molar-refractivity contribution >= 4 is 29.0 Å². The zero-order valence-electron chi connectivity index (χ0n) is 16.0. The molecule has 2 aliphatic rings. The maximum atomic E-state index is 9.30. The van der Waals surface area contributed by atoms with Crippen LogP contribution in [0.5, 0.6) is 5.75 Å². The van der Waals surface area contributed by atoms with E-state index in [9.17, 15) is 5.11 Å². The van der Waals surface area contributed by atoms with Crippen molar-refractivity contribution in [2.45, 2.75) is 17.3 Å². The topological polar surface area (TPSA) is 52.1 Å². The summed E-state index contributed by atoms with van der Waals surface area (Å²) < 4.78 is 8.68. The van der Waals surface area contributed by atoms with Gasteiger partial charge in [-0.3, -0.25) is 4.90 Å². The Balaban J connectivity index is 0.000000221. The highest BCUT2D eigenvalue weighted by molar-refractivity contribution is 7.98. The molecule has 3 heterocycles. The van der Waals surface area contributed by atoms with Gasteiger partial charge in [0.1, 0.15) is 5.75 Å². The monoisotopic (exact) mass is 408 g/mol. The smallest absolute Gasteiger partial charge is 0.165 e. The van der Waals surface area contributed by atoms with Gasteiger partial charge >= 0.3 is 0 Å². The van der Waals surface area contributed by atoms with Gasteiger partial charge in [0.15, 0.2) is 4.34 Å². The van der Waals surface area contributed by atoms with Gasteiger partial charge in [-0.15, -0.1) is 11.3 Å². The van der Waals surface area contributed by atoms with Gasteiger partial charge in [-0.2, -0.15) is 0 Å². The number of ether oxygens (including phenoxy) is 1. The van der Waals surface area contributed by atoms with Crippen LogP contribution in [0.1, 0.15) is 6.92 Å². The van der Waals surface area contributed by atoms with Gasteiger partial charge in [-0.25, -0.2) is 9.29 Å². The Bertz CT molecular complexity index is 651. The van der Waals surface area contributed by atoms with Gasteiger partial charge in [0, 0.05) is 56.0 Å². The summed E-state index contributed by atoms with van der Waals surface area (Å²) in [6.07, 6.45) is 1.85. The van der Waals surface area contributed by atoms with Crippen LogP contribution >= 0.6 is 23.3 Å². The Morgan fingerprint density at radius 3 is 2.44 bits per heavy atom. The SMILES string of the molecule is CC1COCCN1C.Oc1ccc(N2CCN(Sc3nccs3)CC2)cc1. The molecule has 0 spiro atoms. The first-order valence-corrected chi connectivity index (χ1v) is 10.9. The predicted octanol–water partition coefficient (Wildman–Crippen LogP) is 3.01. The van der Waals surface area contributed by atoms with Gasteiger partial charge in [0.25, 0.3) is 0 Å². The number of phenolic OH excluding ortho intramolecular Hbond substituents is 1. The van der Waals surface area contributed by atoms with Crippen LogP contribution in [0.2, 0.25) is 0 Å². The highest BCUT2D eigenvalue weighted by Gasteiger charge is 2.18. The normalized spacial score (nSPS) is 21.6. The molecular formula is C19H28N4O2S2. The van der Waals surface area contributed by atoms with Crippen LogP contribution in [0.4, 0.5) is 5.69 Å². The van der Waals surface area contributed by atoms with Crippen molar-refractivity contribution in [2.24, 2.45) is 0 Å². The summed E-state index contributed by atoms with van der Waals surface area (Å²) in [5, 5.41) is 11.3. The molecule has 0 aliphatic carbocycles. The lowest BCUT2D eigenvalue weighted by atomic mass is 10.2. The highest BCUT2D eigenvalue weighted by Crippen LogP contribution is 2.27. The molecule has 2 saturated heterocycles. The van der Waals surface area contributed by atoms with Crippen molar-refractivity contribution in [3.8, 4) is 5.75 Å². The number of phenols is 1. The molecule has 1 aromatic heterocycles. The number of benzene rings is 1. The third kappa shape index (κ3) is 6.36. The summed E-state index contributed by atoms with van der Waals surface area (Å²) in [4.78, 5) is 8.95. The summed E-state index contributed by atoms with van der Waals surface area (Å²) in [6, 6.07) is 8.04. The number of morpholine rings is 1. The fourth-order valence-corrected chi connectivity index (χ4v) is 4.57. The van der Waals surface area contributed by atoms with Gasteiger partial charge in [0.05, 0.1) is 13.2 Å². The van der Waals surface area contributed by atoms with Crippen LogP contribution in [-0.2, 0) is 4.74 Å². The molecule has 4 rings (SSSR count). The number of thiazole rings is 1. The third-order valence-corrected chi connectivity index (χ3v) is 6.73. The highest BCUT2D eigenvalue weighted by atomic mass is 32.2. The second-order valence-corrected chi connectivity index (χ2v) is 8.96. The van der Waals surface area contributed by atoms with E-state index in [1.54, 1.807) is 35.4 Å². The fourth-order valence-electron chi connectivity index (χ4n) is 2.88. The number of hydrogen-bond acceptors (Lipinski definition) is 8. The molecule has 2 fully saturated rings. The van der Waals surface area contributed by atoms with Crippen molar-refractivity contribution < 1.29 is 9.84 Å². The Kier molecular flexibility index (Phi) is 7.78. The van der Waals surface area contributed by atoms with E-state index in [0.717, 1.165) is 50.3 Å². The minimum absolute atomic E-state index is 0.321. The largest absolute Gasteiger partial charge is 0.508 e. The molecule has 0 amide bonds. The molecular weight excluding hydrogens is 380 g/mol. The zero-order chi connectivity index (χ0) is 19.1. The zero-order valence-corrected chi connectivity index (χ0v) is 17.6. The second kappa shape index (κ2) is 10.3. The van der Waals surface area contributed by atoms with E-state index in [-0.39, 0.29) is 0 Å². The lowest BCUT2D eigenvalue weighted by molar-refractivity contribution is 0.0131. The number of aromatic hydroxyl groups is 1. The maximum absolute atomic E-state index is 9.30. The molecule has 2 aromatic rings. The van der Waals surface area contributed by atoms with Crippen LogP contribution in [0.3, 0.4) is 0 Å². The maximum Gasteiger partial charge on any atom is 0.165 e. The molecule has 27 heavy (non-hydrogen) atoms. The summed E-state index contributed by atoms with van der Waals surface area (Å²) in [7, 11) is 2.13. The van der Waals surface area contributed by atoms with Crippen LogP contribution in [0.15, 0.2) is 40.2 Å². The Morgan fingerprint density at radius 2 is 1.89 bits per heavy atom. The number of hydrogen-bond donors (Lipinski definition) is 1. The quantitative estimate of drug-likeness (QED) is 0.784. The van der Waals surface area contributed by atoms with E-state index in [1.165, 1.54) is 5.69 Å². The molecule has 1 N–H and O–H groups in total. The molecule has 0 saturated carbocycles. The minimum atomic E-state index is 0.321. The van der Waals surface area contributed by atoms with E-state index in [4.69, 9.17) is 4.74 Å². The van der Waals surface area contributed by atoms with Gasteiger partial charge in [-0.1, -0.05) is 0 Å². The first kappa shape index (κ1) is 20.4.